The standard InChI is InChI=1S/C17H18ClN3O2/c18-11-6-4-10(5-7-11)9-20-14-2-1-3-15-12(14)8-13(16(19)22)17(23)21-15/h4-8,14,20H,1-3,9H2,(H2,19,22)(H,21,23). The van der Waals surface area contributed by atoms with E-state index in [1.165, 1.54) is 0 Å². The van der Waals surface area contributed by atoms with Gasteiger partial charge in [0.05, 0.1) is 0 Å². The van der Waals surface area contributed by atoms with Crippen LogP contribution in [0.5, 0.6) is 0 Å². The monoisotopic (exact) mass is 331 g/mol. The van der Waals surface area contributed by atoms with Gasteiger partial charge in [0.15, 0.2) is 0 Å². The summed E-state index contributed by atoms with van der Waals surface area (Å²) in [6.07, 6.45) is 2.74. The molecule has 1 unspecified atom stereocenters. The minimum Gasteiger partial charge on any atom is -0.365 e. The van der Waals surface area contributed by atoms with Crippen LogP contribution in [0.25, 0.3) is 0 Å². The van der Waals surface area contributed by atoms with E-state index in [1.807, 2.05) is 24.3 Å². The molecule has 23 heavy (non-hydrogen) atoms. The molecule has 0 saturated carbocycles. The molecule has 1 aliphatic carbocycles. The Labute approximate surface area is 138 Å². The van der Waals surface area contributed by atoms with Gasteiger partial charge in [-0.05, 0) is 48.6 Å². The molecule has 5 nitrogen and oxygen atoms in total. The Balaban J connectivity index is 1.83. The maximum absolute atomic E-state index is 11.9. The number of nitrogens with one attached hydrogen (secondary N) is 2. The summed E-state index contributed by atoms with van der Waals surface area (Å²) in [5, 5.41) is 4.19. The van der Waals surface area contributed by atoms with Crippen LogP contribution >= 0.6 is 11.6 Å². The molecule has 1 amide bonds. The molecular formula is C17H18ClN3O2. The number of hydrogen-bond donors (Lipinski definition) is 3. The van der Waals surface area contributed by atoms with Gasteiger partial charge in [-0.3, -0.25) is 9.59 Å². The molecule has 1 heterocycles. The molecule has 0 aliphatic heterocycles. The third-order valence-corrected chi connectivity index (χ3v) is 4.44. The van der Waals surface area contributed by atoms with Crippen molar-refractivity contribution >= 4 is 17.5 Å². The summed E-state index contributed by atoms with van der Waals surface area (Å²) in [4.78, 5) is 26.1. The van der Waals surface area contributed by atoms with Gasteiger partial charge >= 0.3 is 0 Å². The van der Waals surface area contributed by atoms with Gasteiger partial charge in [-0.1, -0.05) is 23.7 Å². The Morgan fingerprint density at radius 2 is 2.09 bits per heavy atom. The summed E-state index contributed by atoms with van der Waals surface area (Å²) in [5.41, 5.74) is 7.86. The summed E-state index contributed by atoms with van der Waals surface area (Å²) < 4.78 is 0. The number of H-pyrrole nitrogens is 1. The molecule has 0 fully saturated rings. The molecule has 1 aromatic carbocycles. The van der Waals surface area contributed by atoms with Gasteiger partial charge in [0.25, 0.3) is 11.5 Å². The number of rotatable bonds is 4. The molecule has 2 aromatic rings. The van der Waals surface area contributed by atoms with Crippen molar-refractivity contribution in [1.29, 1.82) is 0 Å². The zero-order chi connectivity index (χ0) is 16.4. The van der Waals surface area contributed by atoms with Gasteiger partial charge in [-0.2, -0.15) is 0 Å². The summed E-state index contributed by atoms with van der Waals surface area (Å²) in [5.74, 6) is -0.698. The molecule has 3 rings (SSSR count). The van der Waals surface area contributed by atoms with Crippen LogP contribution < -0.4 is 16.6 Å². The van der Waals surface area contributed by atoms with E-state index in [0.717, 1.165) is 36.1 Å². The second-order valence-electron chi connectivity index (χ2n) is 5.76. The highest BCUT2D eigenvalue weighted by molar-refractivity contribution is 6.30. The molecule has 0 spiro atoms. The molecule has 6 heteroatoms. The number of aromatic nitrogens is 1. The third-order valence-electron chi connectivity index (χ3n) is 4.18. The van der Waals surface area contributed by atoms with Crippen molar-refractivity contribution in [2.45, 2.75) is 31.8 Å². The Morgan fingerprint density at radius 1 is 1.35 bits per heavy atom. The number of benzene rings is 1. The fourth-order valence-corrected chi connectivity index (χ4v) is 3.11. The minimum atomic E-state index is -0.698. The molecule has 0 saturated heterocycles. The lowest BCUT2D eigenvalue weighted by Crippen LogP contribution is -2.31. The number of nitrogens with two attached hydrogens (primary N) is 1. The van der Waals surface area contributed by atoms with Gasteiger partial charge in [0, 0.05) is 23.3 Å². The van der Waals surface area contributed by atoms with Crippen molar-refractivity contribution in [2.75, 3.05) is 0 Å². The smallest absolute Gasteiger partial charge is 0.261 e. The summed E-state index contributed by atoms with van der Waals surface area (Å²) in [6.45, 7) is 0.687. The summed E-state index contributed by atoms with van der Waals surface area (Å²) in [7, 11) is 0. The van der Waals surface area contributed by atoms with Gasteiger partial charge in [0.2, 0.25) is 0 Å². The number of aromatic amines is 1. The highest BCUT2D eigenvalue weighted by atomic mass is 35.5. The third kappa shape index (κ3) is 3.46. The van der Waals surface area contributed by atoms with E-state index in [4.69, 9.17) is 17.3 Å². The van der Waals surface area contributed by atoms with Crippen LogP contribution in [0.3, 0.4) is 0 Å². The van der Waals surface area contributed by atoms with Crippen LogP contribution in [-0.4, -0.2) is 10.9 Å². The van der Waals surface area contributed by atoms with Crippen LogP contribution in [0, 0.1) is 0 Å². The minimum absolute atomic E-state index is 0.0175. The largest absolute Gasteiger partial charge is 0.365 e. The Hall–Kier alpha value is -2.11. The maximum Gasteiger partial charge on any atom is 0.261 e. The fraction of sp³-hybridized carbons (Fsp3) is 0.294. The van der Waals surface area contributed by atoms with E-state index in [2.05, 4.69) is 10.3 Å². The number of aryl methyl sites for hydroxylation is 1. The number of pyridine rings is 1. The summed E-state index contributed by atoms with van der Waals surface area (Å²) in [6, 6.07) is 9.38. The van der Waals surface area contributed by atoms with Crippen molar-refractivity contribution in [1.82, 2.24) is 10.3 Å². The predicted octanol–water partition coefficient (Wildman–Crippen LogP) is 2.29. The maximum atomic E-state index is 11.9. The summed E-state index contributed by atoms with van der Waals surface area (Å²) >= 11 is 5.89. The van der Waals surface area contributed by atoms with Gasteiger partial charge in [-0.15, -0.1) is 0 Å². The number of fused-ring (bicyclic) bond motifs is 1. The normalized spacial score (nSPS) is 16.8. The SMILES string of the molecule is NC(=O)c1cc2c([nH]c1=O)CCCC2NCc1ccc(Cl)cc1. The van der Waals surface area contributed by atoms with Crippen molar-refractivity contribution < 1.29 is 4.79 Å². The van der Waals surface area contributed by atoms with Crippen LogP contribution in [0.1, 0.15) is 46.1 Å². The highest BCUT2D eigenvalue weighted by Crippen LogP contribution is 2.28. The fourth-order valence-electron chi connectivity index (χ4n) is 2.98. The second kappa shape index (κ2) is 6.56. The van der Waals surface area contributed by atoms with Gasteiger partial charge in [0.1, 0.15) is 5.56 Å². The lowest BCUT2D eigenvalue weighted by atomic mass is 9.90. The molecule has 4 N–H and O–H groups in total. The molecule has 1 atom stereocenters. The van der Waals surface area contributed by atoms with E-state index in [-0.39, 0.29) is 11.6 Å². The van der Waals surface area contributed by atoms with Crippen LogP contribution in [0.4, 0.5) is 0 Å². The lowest BCUT2D eigenvalue weighted by Gasteiger charge is -2.26. The zero-order valence-electron chi connectivity index (χ0n) is 12.6. The van der Waals surface area contributed by atoms with Crippen molar-refractivity contribution in [3.8, 4) is 0 Å². The first-order valence-electron chi connectivity index (χ1n) is 7.58. The Kier molecular flexibility index (Phi) is 4.50. The average molecular weight is 332 g/mol. The highest BCUT2D eigenvalue weighted by Gasteiger charge is 2.23. The van der Waals surface area contributed by atoms with E-state index in [1.54, 1.807) is 6.07 Å². The van der Waals surface area contributed by atoms with Crippen LogP contribution in [0.15, 0.2) is 35.1 Å². The van der Waals surface area contributed by atoms with E-state index in [9.17, 15) is 9.59 Å². The molecule has 1 aliphatic rings. The Morgan fingerprint density at radius 3 is 2.78 bits per heavy atom. The van der Waals surface area contributed by atoms with Crippen molar-refractivity contribution in [3.05, 3.63) is 68.1 Å². The molecular weight excluding hydrogens is 314 g/mol. The van der Waals surface area contributed by atoms with Crippen molar-refractivity contribution in [2.24, 2.45) is 5.73 Å². The Bertz CT molecular complexity index is 783. The van der Waals surface area contributed by atoms with Gasteiger partial charge < -0.3 is 16.0 Å². The number of hydrogen-bond acceptors (Lipinski definition) is 3. The van der Waals surface area contributed by atoms with Gasteiger partial charge in [-0.25, -0.2) is 0 Å². The first-order valence-corrected chi connectivity index (χ1v) is 7.96. The lowest BCUT2D eigenvalue weighted by molar-refractivity contribution is 0.0998. The first-order chi connectivity index (χ1) is 11.0. The number of carbonyl (C=O) groups excluding carboxylic acids is 1. The number of halogens is 1. The number of primary amides is 1. The molecule has 120 valence electrons. The van der Waals surface area contributed by atoms with Crippen molar-refractivity contribution in [3.63, 3.8) is 0 Å². The topological polar surface area (TPSA) is 88.0 Å². The zero-order valence-corrected chi connectivity index (χ0v) is 13.3. The molecule has 0 radical (unpaired) electrons. The quantitative estimate of drug-likeness (QED) is 0.803. The second-order valence-corrected chi connectivity index (χ2v) is 6.20. The van der Waals surface area contributed by atoms with E-state index < -0.39 is 11.5 Å². The van der Waals surface area contributed by atoms with E-state index in [0.29, 0.717) is 11.6 Å². The predicted molar refractivity (Wildman–Crippen MR) is 89.6 cm³/mol. The average Bonchev–Trinajstić information content (AvgIpc) is 2.53. The number of amides is 1. The molecule has 1 aromatic heterocycles. The number of carbonyl (C=O) groups is 1. The van der Waals surface area contributed by atoms with Crippen LogP contribution in [0.2, 0.25) is 5.02 Å². The van der Waals surface area contributed by atoms with E-state index >= 15 is 0 Å². The molecule has 0 bridgehead atoms. The van der Waals surface area contributed by atoms with Crippen LogP contribution in [-0.2, 0) is 13.0 Å². The first kappa shape index (κ1) is 15.8.